The number of nitrogens with two attached hydrogens (primary N) is 2. The summed E-state index contributed by atoms with van der Waals surface area (Å²) >= 11 is 0. The van der Waals surface area contributed by atoms with E-state index in [9.17, 15) is 9.59 Å². The topological polar surface area (TPSA) is 142 Å². The molecule has 0 radical (unpaired) electrons. The molecule has 0 aliphatic carbocycles. The zero-order valence-corrected chi connectivity index (χ0v) is 24.8. The maximum Gasteiger partial charge on any atom is 0.237 e. The summed E-state index contributed by atoms with van der Waals surface area (Å²) in [6.07, 6.45) is 16.6. The molecule has 42 heavy (non-hydrogen) atoms. The molecule has 0 saturated heterocycles. The normalized spacial score (nSPS) is 12.9. The molecule has 8 N–H and O–H groups in total. The van der Waals surface area contributed by atoms with Crippen LogP contribution in [0.2, 0.25) is 0 Å². The van der Waals surface area contributed by atoms with E-state index in [1.165, 1.54) is 38.5 Å². The third kappa shape index (κ3) is 9.46. The van der Waals surface area contributed by atoms with Crippen molar-refractivity contribution in [2.45, 2.75) is 89.1 Å². The molecule has 4 aromatic rings. The summed E-state index contributed by atoms with van der Waals surface area (Å²) in [5.74, 6) is -0.152. The molecule has 2 heterocycles. The number of para-hydroxylation sites is 2. The lowest BCUT2D eigenvalue weighted by Gasteiger charge is -2.12. The minimum Gasteiger partial charge on any atom is -0.361 e. The van der Waals surface area contributed by atoms with Crippen molar-refractivity contribution in [1.29, 1.82) is 0 Å². The third-order valence-corrected chi connectivity index (χ3v) is 8.11. The van der Waals surface area contributed by atoms with Gasteiger partial charge in [0.25, 0.3) is 0 Å². The Kier molecular flexibility index (Phi) is 12.5. The Morgan fingerprint density at radius 2 is 0.929 bits per heavy atom. The van der Waals surface area contributed by atoms with Gasteiger partial charge in [0.05, 0.1) is 12.1 Å². The molecule has 0 aliphatic heterocycles. The molecular formula is C34H48N6O2. The first-order chi connectivity index (χ1) is 20.5. The number of fused-ring (bicyclic) bond motifs is 2. The fourth-order valence-electron chi connectivity index (χ4n) is 5.61. The second kappa shape index (κ2) is 16.7. The number of amides is 2. The number of benzene rings is 2. The van der Waals surface area contributed by atoms with E-state index >= 15 is 0 Å². The molecule has 4 rings (SSSR count). The number of carbonyl (C=O) groups excluding carboxylic acids is 2. The van der Waals surface area contributed by atoms with Gasteiger partial charge in [0.2, 0.25) is 11.8 Å². The number of aromatic amines is 2. The average molecular weight is 573 g/mol. The zero-order chi connectivity index (χ0) is 29.6. The Hall–Kier alpha value is -3.62. The number of H-pyrrole nitrogens is 2. The molecule has 226 valence electrons. The number of hydrogen-bond donors (Lipinski definition) is 6. The minimum absolute atomic E-state index is 0.0758. The van der Waals surface area contributed by atoms with Gasteiger partial charge in [-0.05, 0) is 48.9 Å². The van der Waals surface area contributed by atoms with Crippen molar-refractivity contribution in [2.24, 2.45) is 11.5 Å². The Bertz CT molecular complexity index is 1290. The summed E-state index contributed by atoms with van der Waals surface area (Å²) < 4.78 is 0. The second-order valence-electron chi connectivity index (χ2n) is 11.5. The van der Waals surface area contributed by atoms with Gasteiger partial charge in [0.1, 0.15) is 0 Å². The van der Waals surface area contributed by atoms with Crippen molar-refractivity contribution in [3.63, 3.8) is 0 Å². The van der Waals surface area contributed by atoms with Crippen LogP contribution in [-0.2, 0) is 22.4 Å². The first-order valence-corrected chi connectivity index (χ1v) is 15.7. The Labute approximate surface area is 249 Å². The van der Waals surface area contributed by atoms with Crippen LogP contribution in [0.15, 0.2) is 60.9 Å². The van der Waals surface area contributed by atoms with Crippen molar-refractivity contribution < 1.29 is 9.59 Å². The molecule has 2 atom stereocenters. The largest absolute Gasteiger partial charge is 0.361 e. The molecular weight excluding hydrogens is 524 g/mol. The molecule has 8 heteroatoms. The van der Waals surface area contributed by atoms with Gasteiger partial charge in [-0.2, -0.15) is 0 Å². The van der Waals surface area contributed by atoms with Crippen LogP contribution < -0.4 is 22.1 Å². The summed E-state index contributed by atoms with van der Waals surface area (Å²) in [4.78, 5) is 31.3. The lowest BCUT2D eigenvalue weighted by Crippen LogP contribution is -2.42. The van der Waals surface area contributed by atoms with Crippen molar-refractivity contribution in [3.8, 4) is 0 Å². The zero-order valence-electron chi connectivity index (χ0n) is 24.8. The number of unbranched alkanes of at least 4 members (excludes halogenated alkanes) is 9. The van der Waals surface area contributed by atoms with Crippen LogP contribution in [0.3, 0.4) is 0 Å². The number of rotatable bonds is 19. The Balaban J connectivity index is 0.931. The summed E-state index contributed by atoms with van der Waals surface area (Å²) in [6, 6.07) is 15.1. The van der Waals surface area contributed by atoms with E-state index < -0.39 is 12.1 Å². The molecule has 0 fully saturated rings. The van der Waals surface area contributed by atoms with Crippen molar-refractivity contribution >= 4 is 33.6 Å². The predicted octanol–water partition coefficient (Wildman–Crippen LogP) is 5.22. The molecule has 0 unspecified atom stereocenters. The maximum atomic E-state index is 12.4. The van der Waals surface area contributed by atoms with Crippen LogP contribution in [-0.4, -0.2) is 47.0 Å². The molecule has 2 aromatic carbocycles. The highest BCUT2D eigenvalue weighted by atomic mass is 16.2. The highest BCUT2D eigenvalue weighted by molar-refractivity contribution is 5.87. The van der Waals surface area contributed by atoms with Crippen LogP contribution in [0, 0.1) is 0 Å². The standard InChI is InChI=1S/C34H48N6O2/c35-29(21-25-23-39-31-17-11-9-15-27(25)31)33(41)37-19-13-7-5-3-1-2-4-6-8-14-20-38-34(42)30(36)22-26-24-40-32-18-12-10-16-28(26)32/h9-12,15-18,23-24,29-30,39-40H,1-8,13-14,19-22,35-36H2,(H,37,41)(H,38,42)/t29-,30+. The number of hydrogen-bond acceptors (Lipinski definition) is 4. The maximum absolute atomic E-state index is 12.4. The van der Waals surface area contributed by atoms with E-state index in [1.807, 2.05) is 48.8 Å². The second-order valence-corrected chi connectivity index (χ2v) is 11.5. The third-order valence-electron chi connectivity index (χ3n) is 8.11. The lowest BCUT2D eigenvalue weighted by atomic mass is 10.0. The van der Waals surface area contributed by atoms with Gasteiger partial charge in [-0.3, -0.25) is 9.59 Å². The Morgan fingerprint density at radius 3 is 1.33 bits per heavy atom. The molecule has 0 bridgehead atoms. The predicted molar refractivity (Wildman–Crippen MR) is 172 cm³/mol. The molecule has 2 amide bonds. The van der Waals surface area contributed by atoms with E-state index in [4.69, 9.17) is 11.5 Å². The molecule has 0 saturated carbocycles. The smallest absolute Gasteiger partial charge is 0.237 e. The summed E-state index contributed by atoms with van der Waals surface area (Å²) in [5.41, 5.74) is 16.6. The Morgan fingerprint density at radius 1 is 0.571 bits per heavy atom. The number of aromatic nitrogens is 2. The van der Waals surface area contributed by atoms with Crippen molar-refractivity contribution in [1.82, 2.24) is 20.6 Å². The van der Waals surface area contributed by atoms with E-state index in [0.29, 0.717) is 25.9 Å². The van der Waals surface area contributed by atoms with Gasteiger partial charge in [0, 0.05) is 47.3 Å². The molecule has 8 nitrogen and oxygen atoms in total. The van der Waals surface area contributed by atoms with Crippen LogP contribution in [0.25, 0.3) is 21.8 Å². The first-order valence-electron chi connectivity index (χ1n) is 15.7. The van der Waals surface area contributed by atoms with Gasteiger partial charge >= 0.3 is 0 Å². The number of carbonyl (C=O) groups is 2. The van der Waals surface area contributed by atoms with Gasteiger partial charge in [-0.25, -0.2) is 0 Å². The SMILES string of the molecule is N[C@H](Cc1c[nH]c2ccccc12)C(=O)NCCCCCCCCCCCCNC(=O)[C@@H](N)Cc1c[nH]c2ccccc12. The van der Waals surface area contributed by atoms with E-state index in [0.717, 1.165) is 58.6 Å². The summed E-state index contributed by atoms with van der Waals surface area (Å²) in [6.45, 7) is 1.37. The van der Waals surface area contributed by atoms with Crippen LogP contribution in [0.4, 0.5) is 0 Å². The van der Waals surface area contributed by atoms with Crippen molar-refractivity contribution in [3.05, 3.63) is 72.1 Å². The van der Waals surface area contributed by atoms with Crippen LogP contribution >= 0.6 is 0 Å². The fourth-order valence-corrected chi connectivity index (χ4v) is 5.61. The van der Waals surface area contributed by atoms with Crippen LogP contribution in [0.5, 0.6) is 0 Å². The van der Waals surface area contributed by atoms with Gasteiger partial charge < -0.3 is 32.1 Å². The van der Waals surface area contributed by atoms with Crippen LogP contribution in [0.1, 0.15) is 75.3 Å². The average Bonchev–Trinajstić information content (AvgIpc) is 3.61. The van der Waals surface area contributed by atoms with E-state index in [2.05, 4.69) is 32.7 Å². The molecule has 2 aromatic heterocycles. The summed E-state index contributed by atoms with van der Waals surface area (Å²) in [7, 11) is 0. The summed E-state index contributed by atoms with van der Waals surface area (Å²) in [5, 5.41) is 8.25. The monoisotopic (exact) mass is 572 g/mol. The van der Waals surface area contributed by atoms with E-state index in [1.54, 1.807) is 0 Å². The first kappa shape index (κ1) is 31.3. The minimum atomic E-state index is -0.533. The number of nitrogens with one attached hydrogen (secondary N) is 4. The van der Waals surface area contributed by atoms with Gasteiger partial charge in [0.15, 0.2) is 0 Å². The van der Waals surface area contributed by atoms with Crippen molar-refractivity contribution in [2.75, 3.05) is 13.1 Å². The molecule has 0 spiro atoms. The fraction of sp³-hybridized carbons (Fsp3) is 0.471. The quantitative estimate of drug-likeness (QED) is 0.0857. The van der Waals surface area contributed by atoms with Gasteiger partial charge in [-0.1, -0.05) is 87.8 Å². The lowest BCUT2D eigenvalue weighted by molar-refractivity contribution is -0.123. The van der Waals surface area contributed by atoms with E-state index in [-0.39, 0.29) is 11.8 Å². The molecule has 0 aliphatic rings. The van der Waals surface area contributed by atoms with Gasteiger partial charge in [-0.15, -0.1) is 0 Å². The highest BCUT2D eigenvalue weighted by Gasteiger charge is 2.16. The highest BCUT2D eigenvalue weighted by Crippen LogP contribution is 2.20.